The molecule has 2 amide bonds. The molecule has 0 spiro atoms. The SMILES string of the molecule is CC(=O)N(CC(=O)Nc1cccc(C)c1C)c1ccc(Cl)cc1C(F)(F)F. The highest BCUT2D eigenvalue weighted by Gasteiger charge is 2.36. The van der Waals surface area contributed by atoms with E-state index in [-0.39, 0.29) is 5.02 Å². The first kappa shape index (κ1) is 20.8. The number of alkyl halides is 3. The lowest BCUT2D eigenvalue weighted by Gasteiger charge is -2.24. The summed E-state index contributed by atoms with van der Waals surface area (Å²) in [6.07, 6.45) is -4.72. The van der Waals surface area contributed by atoms with E-state index in [9.17, 15) is 22.8 Å². The smallest absolute Gasteiger partial charge is 0.324 e. The van der Waals surface area contributed by atoms with Crippen LogP contribution in [0.2, 0.25) is 5.02 Å². The molecule has 2 rings (SSSR count). The summed E-state index contributed by atoms with van der Waals surface area (Å²) in [6, 6.07) is 8.36. The molecule has 0 aliphatic rings. The molecule has 4 nitrogen and oxygen atoms in total. The monoisotopic (exact) mass is 398 g/mol. The van der Waals surface area contributed by atoms with Crippen molar-refractivity contribution in [2.45, 2.75) is 26.9 Å². The number of aryl methyl sites for hydroxylation is 1. The molecule has 2 aromatic carbocycles. The molecule has 0 aromatic heterocycles. The number of carbonyl (C=O) groups is 2. The summed E-state index contributed by atoms with van der Waals surface area (Å²) < 4.78 is 40.0. The number of halogens is 4. The molecule has 0 bridgehead atoms. The van der Waals surface area contributed by atoms with Crippen LogP contribution < -0.4 is 10.2 Å². The van der Waals surface area contributed by atoms with Gasteiger partial charge in [-0.3, -0.25) is 9.59 Å². The second-order valence-corrected chi connectivity index (χ2v) is 6.50. The van der Waals surface area contributed by atoms with Crippen LogP contribution in [0.1, 0.15) is 23.6 Å². The number of carbonyl (C=O) groups excluding carboxylic acids is 2. The van der Waals surface area contributed by atoms with Crippen molar-refractivity contribution < 1.29 is 22.8 Å². The minimum Gasteiger partial charge on any atom is -0.324 e. The van der Waals surface area contributed by atoms with E-state index in [0.29, 0.717) is 5.69 Å². The van der Waals surface area contributed by atoms with E-state index in [0.717, 1.165) is 35.1 Å². The Morgan fingerprint density at radius 1 is 1.15 bits per heavy atom. The second-order valence-electron chi connectivity index (χ2n) is 6.06. The molecule has 8 heteroatoms. The molecule has 27 heavy (non-hydrogen) atoms. The molecule has 0 atom stereocenters. The van der Waals surface area contributed by atoms with E-state index >= 15 is 0 Å². The van der Waals surface area contributed by atoms with Crippen LogP contribution in [0.3, 0.4) is 0 Å². The van der Waals surface area contributed by atoms with Gasteiger partial charge in [0.05, 0.1) is 11.3 Å². The molecule has 0 unspecified atom stereocenters. The number of rotatable bonds is 4. The minimum absolute atomic E-state index is 0.116. The fourth-order valence-corrected chi connectivity index (χ4v) is 2.73. The zero-order chi connectivity index (χ0) is 20.4. The van der Waals surface area contributed by atoms with E-state index in [4.69, 9.17) is 11.6 Å². The van der Waals surface area contributed by atoms with Crippen molar-refractivity contribution in [2.75, 3.05) is 16.8 Å². The second kappa shape index (κ2) is 8.00. The summed E-state index contributed by atoms with van der Waals surface area (Å²) in [5.74, 6) is -1.30. The van der Waals surface area contributed by atoms with Gasteiger partial charge in [0, 0.05) is 17.6 Å². The number of hydrogen-bond acceptors (Lipinski definition) is 2. The summed E-state index contributed by atoms with van der Waals surface area (Å²) in [5.41, 5.74) is 0.826. The highest BCUT2D eigenvalue weighted by molar-refractivity contribution is 6.30. The Morgan fingerprint density at radius 2 is 1.81 bits per heavy atom. The fraction of sp³-hybridized carbons (Fsp3) is 0.263. The highest BCUT2D eigenvalue weighted by atomic mass is 35.5. The number of nitrogens with zero attached hydrogens (tertiary/aromatic N) is 1. The van der Waals surface area contributed by atoms with E-state index in [2.05, 4.69) is 5.32 Å². The Bertz CT molecular complexity index is 882. The van der Waals surface area contributed by atoms with Crippen LogP contribution in [0.4, 0.5) is 24.5 Å². The van der Waals surface area contributed by atoms with Crippen LogP contribution in [0.5, 0.6) is 0 Å². The van der Waals surface area contributed by atoms with Gasteiger partial charge in [0.2, 0.25) is 11.8 Å². The molecule has 0 aliphatic carbocycles. The Balaban J connectivity index is 2.33. The van der Waals surface area contributed by atoms with Crippen LogP contribution in [-0.4, -0.2) is 18.4 Å². The fourth-order valence-electron chi connectivity index (χ4n) is 2.56. The van der Waals surface area contributed by atoms with Gasteiger partial charge in [0.25, 0.3) is 0 Å². The van der Waals surface area contributed by atoms with Gasteiger partial charge in [-0.1, -0.05) is 23.7 Å². The first-order valence-corrected chi connectivity index (χ1v) is 8.39. The zero-order valence-corrected chi connectivity index (χ0v) is 15.7. The summed E-state index contributed by atoms with van der Waals surface area (Å²) in [5, 5.41) is 2.52. The largest absolute Gasteiger partial charge is 0.418 e. The van der Waals surface area contributed by atoms with Crippen LogP contribution in [-0.2, 0) is 15.8 Å². The van der Waals surface area contributed by atoms with Crippen molar-refractivity contribution in [1.29, 1.82) is 0 Å². The van der Waals surface area contributed by atoms with Gasteiger partial charge in [0.15, 0.2) is 0 Å². The molecular weight excluding hydrogens is 381 g/mol. The van der Waals surface area contributed by atoms with Crippen molar-refractivity contribution in [3.63, 3.8) is 0 Å². The lowest BCUT2D eigenvalue weighted by atomic mass is 10.1. The molecule has 0 heterocycles. The topological polar surface area (TPSA) is 49.4 Å². The van der Waals surface area contributed by atoms with E-state index in [1.807, 2.05) is 19.9 Å². The minimum atomic E-state index is -4.72. The van der Waals surface area contributed by atoms with Gasteiger partial charge in [-0.05, 0) is 49.2 Å². The Labute approximate surface area is 159 Å². The Kier molecular flexibility index (Phi) is 6.15. The molecule has 0 saturated carbocycles. The van der Waals surface area contributed by atoms with Crippen molar-refractivity contribution in [1.82, 2.24) is 0 Å². The zero-order valence-electron chi connectivity index (χ0n) is 14.9. The van der Waals surface area contributed by atoms with Gasteiger partial charge in [0.1, 0.15) is 6.54 Å². The van der Waals surface area contributed by atoms with Crippen molar-refractivity contribution in [3.05, 3.63) is 58.1 Å². The highest BCUT2D eigenvalue weighted by Crippen LogP contribution is 2.38. The maximum atomic E-state index is 13.3. The molecule has 0 aliphatic heterocycles. The average Bonchev–Trinajstić information content (AvgIpc) is 2.56. The van der Waals surface area contributed by atoms with Gasteiger partial charge >= 0.3 is 6.18 Å². The van der Waals surface area contributed by atoms with Crippen LogP contribution in [0.25, 0.3) is 0 Å². The Hall–Kier alpha value is -2.54. The van der Waals surface area contributed by atoms with E-state index < -0.39 is 35.8 Å². The molecule has 1 N–H and O–H groups in total. The molecule has 144 valence electrons. The summed E-state index contributed by atoms with van der Waals surface area (Å²) in [6.45, 7) is 4.22. The molecule has 0 radical (unpaired) electrons. The molecule has 0 fully saturated rings. The van der Waals surface area contributed by atoms with Crippen molar-refractivity contribution >= 4 is 34.8 Å². The van der Waals surface area contributed by atoms with Crippen LogP contribution in [0, 0.1) is 13.8 Å². The number of anilines is 2. The predicted octanol–water partition coefficient (Wildman–Crippen LogP) is 4.97. The third kappa shape index (κ3) is 5.01. The predicted molar refractivity (Wildman–Crippen MR) is 99.0 cm³/mol. The standard InChI is InChI=1S/C19H18ClF3N2O2/c1-11-5-4-6-16(12(11)2)24-18(27)10-25(13(3)26)17-8-7-14(20)9-15(17)19(21,22)23/h4-9H,10H2,1-3H3,(H,24,27). The molecule has 0 saturated heterocycles. The number of benzene rings is 2. The van der Waals surface area contributed by atoms with Crippen LogP contribution >= 0.6 is 11.6 Å². The lowest BCUT2D eigenvalue weighted by Crippen LogP contribution is -2.38. The number of nitrogens with one attached hydrogen (secondary N) is 1. The summed E-state index contributed by atoms with van der Waals surface area (Å²) in [4.78, 5) is 25.1. The van der Waals surface area contributed by atoms with Gasteiger partial charge in [-0.2, -0.15) is 13.2 Å². The first-order chi connectivity index (χ1) is 12.5. The van der Waals surface area contributed by atoms with Crippen LogP contribution in [0.15, 0.2) is 36.4 Å². The average molecular weight is 399 g/mol. The number of amides is 2. The van der Waals surface area contributed by atoms with Gasteiger partial charge < -0.3 is 10.2 Å². The number of hydrogen-bond donors (Lipinski definition) is 1. The van der Waals surface area contributed by atoms with E-state index in [1.165, 1.54) is 6.07 Å². The first-order valence-electron chi connectivity index (χ1n) is 8.01. The quantitative estimate of drug-likeness (QED) is 0.790. The van der Waals surface area contributed by atoms with E-state index in [1.54, 1.807) is 12.1 Å². The maximum absolute atomic E-state index is 13.3. The molecule has 2 aromatic rings. The summed E-state index contributed by atoms with van der Waals surface area (Å²) >= 11 is 5.67. The van der Waals surface area contributed by atoms with Gasteiger partial charge in [-0.15, -0.1) is 0 Å². The van der Waals surface area contributed by atoms with Crippen molar-refractivity contribution in [2.24, 2.45) is 0 Å². The van der Waals surface area contributed by atoms with Gasteiger partial charge in [-0.25, -0.2) is 0 Å². The Morgan fingerprint density at radius 3 is 2.41 bits per heavy atom. The molecular formula is C19H18ClF3N2O2. The third-order valence-electron chi connectivity index (χ3n) is 4.12. The maximum Gasteiger partial charge on any atom is 0.418 e. The lowest BCUT2D eigenvalue weighted by molar-refractivity contribution is -0.137. The van der Waals surface area contributed by atoms with Crippen molar-refractivity contribution in [3.8, 4) is 0 Å². The summed E-state index contributed by atoms with van der Waals surface area (Å²) in [7, 11) is 0. The third-order valence-corrected chi connectivity index (χ3v) is 4.35. The normalized spacial score (nSPS) is 11.2.